The van der Waals surface area contributed by atoms with Crippen molar-refractivity contribution in [2.24, 2.45) is 29.1 Å². The van der Waals surface area contributed by atoms with Gasteiger partial charge in [-0.1, -0.05) is 6.92 Å². The van der Waals surface area contributed by atoms with Gasteiger partial charge in [-0.2, -0.15) is 8.42 Å². The maximum atomic E-state index is 11.8. The summed E-state index contributed by atoms with van der Waals surface area (Å²) in [7, 11) is -3.27. The molecule has 0 N–H and O–H groups in total. The van der Waals surface area contributed by atoms with Crippen molar-refractivity contribution in [3.8, 4) is 0 Å². The van der Waals surface area contributed by atoms with Crippen LogP contribution in [0.2, 0.25) is 0 Å². The molecule has 3 nitrogen and oxygen atoms in total. The van der Waals surface area contributed by atoms with Crippen LogP contribution in [-0.4, -0.2) is 19.8 Å². The van der Waals surface area contributed by atoms with Crippen LogP contribution >= 0.6 is 0 Å². The largest absolute Gasteiger partial charge is 0.273 e. The second-order valence-electron chi connectivity index (χ2n) is 5.81. The Morgan fingerprint density at radius 1 is 1.43 bits per heavy atom. The van der Waals surface area contributed by atoms with Gasteiger partial charge in [0.1, 0.15) is 0 Å². The molecule has 14 heavy (non-hydrogen) atoms. The second-order valence-corrected chi connectivity index (χ2v) is 7.89. The highest BCUT2D eigenvalue weighted by atomic mass is 32.2. The van der Waals surface area contributed by atoms with Crippen molar-refractivity contribution < 1.29 is 12.6 Å². The molecule has 6 atom stereocenters. The maximum absolute atomic E-state index is 11.8. The van der Waals surface area contributed by atoms with E-state index >= 15 is 0 Å². The summed E-state index contributed by atoms with van der Waals surface area (Å²) in [4.78, 5) is 0. The molecule has 0 aromatic rings. The highest BCUT2D eigenvalue weighted by molar-refractivity contribution is 7.88. The number of hydrogen-bond donors (Lipinski definition) is 0. The molecule has 0 aromatic carbocycles. The Hall–Kier alpha value is -0.0900. The van der Waals surface area contributed by atoms with E-state index in [9.17, 15) is 8.42 Å². The van der Waals surface area contributed by atoms with Crippen LogP contribution in [-0.2, 0) is 14.3 Å². The lowest BCUT2D eigenvalue weighted by atomic mass is 9.64. The molecule has 4 heteroatoms. The van der Waals surface area contributed by atoms with Crippen molar-refractivity contribution in [3.05, 3.63) is 0 Å². The van der Waals surface area contributed by atoms with Gasteiger partial charge in [-0.15, -0.1) is 0 Å². The summed E-state index contributed by atoms with van der Waals surface area (Å²) in [6.45, 7) is 4.65. The molecule has 2 bridgehead atoms. The van der Waals surface area contributed by atoms with Gasteiger partial charge in [0.15, 0.2) is 0 Å². The standard InChI is InChI=1S/C10H14O3S/c1-5-6-3-9(2)8-7(5)10(6,8)4-13-14(9,11)12/h5-8H,3-4H2,1-2H3. The molecule has 3 saturated carbocycles. The van der Waals surface area contributed by atoms with Gasteiger partial charge < -0.3 is 0 Å². The molecule has 1 spiro atoms. The van der Waals surface area contributed by atoms with Crippen molar-refractivity contribution in [1.29, 1.82) is 0 Å². The van der Waals surface area contributed by atoms with Gasteiger partial charge >= 0.3 is 0 Å². The first kappa shape index (κ1) is 8.11. The van der Waals surface area contributed by atoms with Crippen molar-refractivity contribution in [1.82, 2.24) is 0 Å². The zero-order valence-electron chi connectivity index (χ0n) is 8.36. The fourth-order valence-corrected chi connectivity index (χ4v) is 6.82. The van der Waals surface area contributed by atoms with Crippen molar-refractivity contribution >= 4 is 10.1 Å². The first-order valence-corrected chi connectivity index (χ1v) is 6.75. The van der Waals surface area contributed by atoms with Crippen LogP contribution < -0.4 is 0 Å². The highest BCUT2D eigenvalue weighted by Crippen LogP contribution is 2.89. The molecule has 4 rings (SSSR count). The monoisotopic (exact) mass is 214 g/mol. The fourth-order valence-electron chi connectivity index (χ4n) is 5.13. The van der Waals surface area contributed by atoms with E-state index in [0.29, 0.717) is 29.8 Å². The van der Waals surface area contributed by atoms with Crippen molar-refractivity contribution in [2.75, 3.05) is 6.61 Å². The topological polar surface area (TPSA) is 43.4 Å². The summed E-state index contributed by atoms with van der Waals surface area (Å²) >= 11 is 0. The lowest BCUT2D eigenvalue weighted by Gasteiger charge is -2.41. The summed E-state index contributed by atoms with van der Waals surface area (Å²) in [5.74, 6) is 2.45. The van der Waals surface area contributed by atoms with Crippen LogP contribution in [0, 0.1) is 29.1 Å². The molecule has 0 radical (unpaired) electrons. The van der Waals surface area contributed by atoms with Gasteiger partial charge in [0.2, 0.25) is 0 Å². The van der Waals surface area contributed by atoms with Crippen LogP contribution in [0.4, 0.5) is 0 Å². The van der Waals surface area contributed by atoms with Crippen molar-refractivity contribution in [2.45, 2.75) is 25.0 Å². The quantitative estimate of drug-likeness (QED) is 0.565. The average molecular weight is 214 g/mol. The lowest BCUT2D eigenvalue weighted by molar-refractivity contribution is 0.0402. The third-order valence-electron chi connectivity index (χ3n) is 5.66. The molecule has 4 fully saturated rings. The minimum atomic E-state index is -3.27. The Bertz CT molecular complexity index is 442. The molecular weight excluding hydrogens is 200 g/mol. The minimum Gasteiger partial charge on any atom is -0.269 e. The zero-order valence-corrected chi connectivity index (χ0v) is 9.17. The summed E-state index contributed by atoms with van der Waals surface area (Å²) in [6, 6.07) is 0. The van der Waals surface area contributed by atoms with Crippen LogP contribution in [0.25, 0.3) is 0 Å². The van der Waals surface area contributed by atoms with Crippen LogP contribution in [0.3, 0.4) is 0 Å². The average Bonchev–Trinajstić information content (AvgIpc) is 2.69. The Morgan fingerprint density at radius 2 is 2.14 bits per heavy atom. The van der Waals surface area contributed by atoms with E-state index < -0.39 is 14.9 Å². The Kier molecular flexibility index (Phi) is 0.979. The van der Waals surface area contributed by atoms with Gasteiger partial charge in [0, 0.05) is 5.41 Å². The third kappa shape index (κ3) is 0.470. The van der Waals surface area contributed by atoms with Crippen LogP contribution in [0.5, 0.6) is 0 Å². The van der Waals surface area contributed by atoms with E-state index in [-0.39, 0.29) is 0 Å². The molecule has 0 aromatic heterocycles. The summed E-state index contributed by atoms with van der Waals surface area (Å²) in [5, 5.41) is 0. The smallest absolute Gasteiger partial charge is 0.269 e. The maximum Gasteiger partial charge on any atom is 0.273 e. The van der Waals surface area contributed by atoms with Gasteiger partial charge in [0.05, 0.1) is 11.4 Å². The van der Waals surface area contributed by atoms with E-state index in [2.05, 4.69) is 6.92 Å². The van der Waals surface area contributed by atoms with Crippen LogP contribution in [0.1, 0.15) is 20.3 Å². The van der Waals surface area contributed by atoms with E-state index in [1.165, 1.54) is 0 Å². The molecule has 1 aliphatic heterocycles. The molecule has 1 saturated heterocycles. The van der Waals surface area contributed by atoms with Gasteiger partial charge in [0.25, 0.3) is 10.1 Å². The van der Waals surface area contributed by atoms with Gasteiger partial charge in [-0.05, 0) is 37.0 Å². The van der Waals surface area contributed by atoms with E-state index in [4.69, 9.17) is 4.18 Å². The predicted octanol–water partition coefficient (Wildman–Crippen LogP) is 1.01. The molecule has 1 heterocycles. The third-order valence-corrected chi connectivity index (χ3v) is 7.65. The molecule has 6 unspecified atom stereocenters. The summed E-state index contributed by atoms with van der Waals surface area (Å²) < 4.78 is 28.3. The molecule has 0 amide bonds. The Balaban J connectivity index is 1.93. The van der Waals surface area contributed by atoms with Crippen LogP contribution in [0.15, 0.2) is 0 Å². The molecule has 78 valence electrons. The van der Waals surface area contributed by atoms with E-state index in [1.54, 1.807) is 0 Å². The normalized spacial score (nSPS) is 71.0. The Morgan fingerprint density at radius 3 is 2.79 bits per heavy atom. The zero-order chi connectivity index (χ0) is 9.93. The molecule has 3 aliphatic carbocycles. The second kappa shape index (κ2) is 1.69. The highest BCUT2D eigenvalue weighted by Gasteiger charge is 2.91. The molecular formula is C10H14O3S. The van der Waals surface area contributed by atoms with E-state index in [0.717, 1.165) is 12.3 Å². The number of hydrogen-bond acceptors (Lipinski definition) is 3. The Labute approximate surface area is 83.9 Å². The summed E-state index contributed by atoms with van der Waals surface area (Å²) in [6.07, 6.45) is 0.845. The minimum absolute atomic E-state index is 0.305. The van der Waals surface area contributed by atoms with Crippen molar-refractivity contribution in [3.63, 3.8) is 0 Å². The SMILES string of the molecule is CC1C2CC3(C)C4C1C24COS3(=O)=O. The molecule has 4 aliphatic rings. The fraction of sp³-hybridized carbons (Fsp3) is 1.00. The number of rotatable bonds is 0. The lowest BCUT2D eigenvalue weighted by Crippen LogP contribution is -2.42. The first-order chi connectivity index (χ1) is 6.45. The van der Waals surface area contributed by atoms with E-state index in [1.807, 2.05) is 6.92 Å². The summed E-state index contributed by atoms with van der Waals surface area (Å²) in [5.41, 5.74) is 0.305. The predicted molar refractivity (Wildman–Crippen MR) is 50.0 cm³/mol. The first-order valence-electron chi connectivity index (χ1n) is 5.34. The van der Waals surface area contributed by atoms with Gasteiger partial charge in [-0.3, -0.25) is 4.18 Å². The van der Waals surface area contributed by atoms with Gasteiger partial charge in [-0.25, -0.2) is 0 Å².